The molecule has 14 rings (SSSR count). The first-order valence-corrected chi connectivity index (χ1v) is 28.1. The molecule has 0 aliphatic carbocycles. The molecule has 0 bridgehead atoms. The molecule has 0 atom stereocenters. The molecule has 2 aromatic heterocycles. The van der Waals surface area contributed by atoms with Crippen LogP contribution in [0.15, 0.2) is 216 Å². The molecular formula is C70H53BN6S2. The van der Waals surface area contributed by atoms with Crippen LogP contribution in [-0.4, -0.2) is 11.3 Å². The third-order valence-corrected chi connectivity index (χ3v) is 18.0. The summed E-state index contributed by atoms with van der Waals surface area (Å²) in [6.45, 7) is 13.3. The molecule has 4 heterocycles. The maximum absolute atomic E-state index is 9.95. The smallest absolute Gasteiger partial charge is 0.251 e. The fourth-order valence-electron chi connectivity index (χ4n) is 11.8. The van der Waals surface area contributed by atoms with Gasteiger partial charge in [0.05, 0.1) is 46.8 Å². The summed E-state index contributed by atoms with van der Waals surface area (Å²) in [4.78, 5) is 6.22. The summed E-state index contributed by atoms with van der Waals surface area (Å²) in [7, 11) is 0. The molecule has 12 aromatic rings. The summed E-state index contributed by atoms with van der Waals surface area (Å²) in [5.74, 6) is 0. The van der Waals surface area contributed by atoms with Crippen LogP contribution < -0.4 is 31.5 Å². The SMILES string of the molecule is [2H]c1c([2H])c([2H])c(N(c2ccc(C#N)cc2)c2ccc3c(c2)Nc2cc(-n4c5ccc(C(C)(C)C)cc5c5cc(C(C)(C)C)ccc54)cc4c2B3c2c(cc(N(c3ccccc3)c3ccc(C#N)cc3)c3c2sc2ccccc23)S4)c([2H])c1[2H]. The van der Waals surface area contributed by atoms with Crippen LogP contribution in [0, 0.1) is 22.7 Å². The average Bonchev–Trinajstić information content (AvgIpc) is 1.37. The van der Waals surface area contributed by atoms with Crippen LogP contribution in [0.25, 0.3) is 47.7 Å². The van der Waals surface area contributed by atoms with E-state index in [0.29, 0.717) is 22.5 Å². The molecule has 0 saturated heterocycles. The molecule has 79 heavy (non-hydrogen) atoms. The number of aromatic nitrogens is 1. The zero-order valence-electron chi connectivity index (χ0n) is 49.4. The first-order valence-electron chi connectivity index (χ1n) is 29.0. The Balaban J connectivity index is 1.06. The minimum absolute atomic E-state index is 0.00815. The van der Waals surface area contributed by atoms with Gasteiger partial charge >= 0.3 is 0 Å². The normalized spacial score (nSPS) is 13.6. The van der Waals surface area contributed by atoms with E-state index >= 15 is 0 Å². The summed E-state index contributed by atoms with van der Waals surface area (Å²) < 4.78 is 49.4. The largest absolute Gasteiger partial charge is 0.356 e. The summed E-state index contributed by atoms with van der Waals surface area (Å²) in [5.41, 5.74) is 15.6. The van der Waals surface area contributed by atoms with Crippen molar-refractivity contribution < 1.29 is 6.85 Å². The number of nitrogens with one attached hydrogen (secondary N) is 1. The van der Waals surface area contributed by atoms with E-state index < -0.39 is 18.1 Å². The standard InChI is InChI=1S/C70H53BN6S2/c1-69(2,3)45-25-33-59-54(35-45)55-36-46(70(4,5)6)26-34-60(55)77(59)52-38-58-66-63(39-52)78-64-40-61(76(48-17-11-8-12-18-48)50-29-23-44(42-73)24-30-50)65-53-19-13-14-20-62(53)79-68(65)67(64)71(66)56-32-31-51(37-57(56)74-58)75(47-15-9-7-10-16-47)49-27-21-43(41-72)22-28-49/h7-40,74H,1-6H3/i7D,9D,10D,15D,16D. The Kier molecular flexibility index (Phi) is 9.98. The molecule has 0 fully saturated rings. The van der Waals surface area contributed by atoms with E-state index in [0.717, 1.165) is 86.0 Å². The van der Waals surface area contributed by atoms with Crippen molar-refractivity contribution in [3.8, 4) is 17.8 Å². The van der Waals surface area contributed by atoms with Crippen molar-refractivity contribution in [1.82, 2.24) is 4.57 Å². The third kappa shape index (κ3) is 7.99. The van der Waals surface area contributed by atoms with Gasteiger partial charge < -0.3 is 19.7 Å². The van der Waals surface area contributed by atoms with Crippen LogP contribution in [0.3, 0.4) is 0 Å². The van der Waals surface area contributed by atoms with E-state index in [1.165, 1.54) is 27.4 Å². The van der Waals surface area contributed by atoms with Crippen LogP contribution >= 0.6 is 23.1 Å². The van der Waals surface area contributed by atoms with Crippen molar-refractivity contribution >= 4 is 134 Å². The lowest BCUT2D eigenvalue weighted by Gasteiger charge is -2.36. The van der Waals surface area contributed by atoms with E-state index in [4.69, 9.17) is 4.11 Å². The lowest BCUT2D eigenvalue weighted by atomic mass is 9.35. The zero-order valence-corrected chi connectivity index (χ0v) is 46.0. The van der Waals surface area contributed by atoms with Gasteiger partial charge in [-0.2, -0.15) is 10.5 Å². The lowest BCUT2D eigenvalue weighted by molar-refractivity contribution is 0.590. The Bertz CT molecular complexity index is 4760. The maximum Gasteiger partial charge on any atom is 0.251 e. The number of para-hydroxylation sites is 2. The Hall–Kier alpha value is -8.99. The van der Waals surface area contributed by atoms with Crippen LogP contribution in [0.4, 0.5) is 45.5 Å². The molecule has 378 valence electrons. The average molecular weight is 1060 g/mol. The predicted molar refractivity (Wildman–Crippen MR) is 335 cm³/mol. The van der Waals surface area contributed by atoms with Crippen molar-refractivity contribution in [2.45, 2.75) is 62.2 Å². The fraction of sp³-hybridized carbons (Fsp3) is 0.114. The van der Waals surface area contributed by atoms with Gasteiger partial charge in [-0.1, -0.05) is 126 Å². The molecule has 2 aliphatic rings. The first kappa shape index (κ1) is 43.0. The summed E-state index contributed by atoms with van der Waals surface area (Å²) >= 11 is 3.58. The highest BCUT2D eigenvalue weighted by Gasteiger charge is 2.41. The van der Waals surface area contributed by atoms with E-state index in [9.17, 15) is 13.3 Å². The van der Waals surface area contributed by atoms with Crippen LogP contribution in [0.5, 0.6) is 0 Å². The molecule has 9 heteroatoms. The fourth-order valence-corrected chi connectivity index (χ4v) is 14.4. The van der Waals surface area contributed by atoms with Crippen LogP contribution in [0.2, 0.25) is 0 Å². The van der Waals surface area contributed by atoms with Gasteiger partial charge in [0.15, 0.2) is 0 Å². The van der Waals surface area contributed by atoms with Gasteiger partial charge in [0.2, 0.25) is 0 Å². The Morgan fingerprint density at radius 3 is 1.75 bits per heavy atom. The third-order valence-electron chi connectivity index (χ3n) is 15.7. The number of hydrogen-bond acceptors (Lipinski definition) is 7. The number of hydrogen-bond donors (Lipinski definition) is 1. The van der Waals surface area contributed by atoms with Gasteiger partial charge in [0, 0.05) is 86.2 Å². The number of thiophene rings is 1. The minimum atomic E-state index is -0.482. The van der Waals surface area contributed by atoms with Gasteiger partial charge in [-0.05, 0) is 172 Å². The van der Waals surface area contributed by atoms with Crippen molar-refractivity contribution in [1.29, 1.82) is 10.5 Å². The molecular weight excluding hydrogens is 1000 g/mol. The Morgan fingerprint density at radius 2 is 1.11 bits per heavy atom. The van der Waals surface area contributed by atoms with Gasteiger partial charge in [0.1, 0.15) is 0 Å². The first-order chi connectivity index (χ1) is 40.4. The molecule has 10 aromatic carbocycles. The lowest BCUT2D eigenvalue weighted by Crippen LogP contribution is -2.58. The van der Waals surface area contributed by atoms with E-state index in [1.54, 1.807) is 52.3 Å². The van der Waals surface area contributed by atoms with Gasteiger partial charge in [-0.3, -0.25) is 0 Å². The topological polar surface area (TPSA) is 71.0 Å². The number of nitriles is 2. The second-order valence-corrected chi connectivity index (χ2v) is 24.7. The highest BCUT2D eigenvalue weighted by molar-refractivity contribution is 8.00. The maximum atomic E-state index is 9.95. The van der Waals surface area contributed by atoms with E-state index in [2.05, 4.69) is 178 Å². The van der Waals surface area contributed by atoms with Gasteiger partial charge in [-0.25, -0.2) is 0 Å². The molecule has 0 radical (unpaired) electrons. The number of nitrogens with zero attached hydrogens (tertiary/aromatic N) is 5. The number of rotatable bonds is 7. The summed E-state index contributed by atoms with van der Waals surface area (Å²) in [6.07, 6.45) is 0. The van der Waals surface area contributed by atoms with E-state index in [-0.39, 0.29) is 35.3 Å². The number of anilines is 8. The monoisotopic (exact) mass is 1060 g/mol. The van der Waals surface area contributed by atoms with Gasteiger partial charge in [-0.15, -0.1) is 11.3 Å². The second kappa shape index (κ2) is 18.3. The summed E-state index contributed by atoms with van der Waals surface area (Å²) in [6, 6.07) is 63.1. The van der Waals surface area contributed by atoms with E-state index in [1.807, 2.05) is 42.5 Å². The molecule has 1 N–H and O–H groups in total. The number of fused-ring (bicyclic) bond motifs is 11. The molecule has 2 aliphatic heterocycles. The minimum Gasteiger partial charge on any atom is -0.356 e. The van der Waals surface area contributed by atoms with Crippen molar-refractivity contribution in [3.63, 3.8) is 0 Å². The van der Waals surface area contributed by atoms with Crippen molar-refractivity contribution in [2.75, 3.05) is 15.1 Å². The van der Waals surface area contributed by atoms with Crippen LogP contribution in [-0.2, 0) is 10.8 Å². The molecule has 0 unspecified atom stereocenters. The highest BCUT2D eigenvalue weighted by Crippen LogP contribution is 2.50. The van der Waals surface area contributed by atoms with Crippen LogP contribution in [0.1, 0.15) is 70.7 Å². The molecule has 0 spiro atoms. The molecule has 0 amide bonds. The van der Waals surface area contributed by atoms with Gasteiger partial charge in [0.25, 0.3) is 6.71 Å². The predicted octanol–water partition coefficient (Wildman–Crippen LogP) is 17.5. The Labute approximate surface area is 476 Å². The van der Waals surface area contributed by atoms with Crippen molar-refractivity contribution in [2.24, 2.45) is 0 Å². The Morgan fingerprint density at radius 1 is 0.532 bits per heavy atom. The van der Waals surface area contributed by atoms with Crippen molar-refractivity contribution in [3.05, 3.63) is 228 Å². The quantitative estimate of drug-likeness (QED) is 0.160. The summed E-state index contributed by atoms with van der Waals surface area (Å²) in [5, 5.41) is 28.4. The molecule has 6 nitrogen and oxygen atoms in total. The highest BCUT2D eigenvalue weighted by atomic mass is 32.2. The zero-order chi connectivity index (χ0) is 58.2. The second-order valence-electron chi connectivity index (χ2n) is 22.5. The number of benzene rings is 10. The molecule has 0 saturated carbocycles.